The minimum atomic E-state index is -0.131. The van der Waals surface area contributed by atoms with Crippen molar-refractivity contribution in [2.75, 3.05) is 13.1 Å². The van der Waals surface area contributed by atoms with Crippen LogP contribution in [0.3, 0.4) is 0 Å². The molecule has 2 heterocycles. The molecule has 6 heteroatoms. The molecule has 0 aliphatic carbocycles. The number of amides is 1. The molecule has 2 atom stereocenters. The van der Waals surface area contributed by atoms with Crippen LogP contribution in [0.25, 0.3) is 0 Å². The van der Waals surface area contributed by atoms with Gasteiger partial charge < -0.3 is 10.6 Å². The van der Waals surface area contributed by atoms with Crippen LogP contribution in [0, 0.1) is 0 Å². The summed E-state index contributed by atoms with van der Waals surface area (Å²) >= 11 is 0. The predicted molar refractivity (Wildman–Crippen MR) is 80.9 cm³/mol. The summed E-state index contributed by atoms with van der Waals surface area (Å²) in [5, 5.41) is 0. The highest BCUT2D eigenvalue weighted by molar-refractivity contribution is 5.85. The Morgan fingerprint density at radius 3 is 2.84 bits per heavy atom. The molecule has 1 aliphatic rings. The Morgan fingerprint density at radius 2 is 2.26 bits per heavy atom. The standard InChI is InChI=1S/C13H19N3O.2ClH/c1-10(11-4-2-6-15-8-11)13(17)16-7-3-5-12(14)9-16;;/h2,4,6,8,10,12H,3,5,7,9,14H2,1H3;2*1H. The maximum absolute atomic E-state index is 12.3. The van der Waals surface area contributed by atoms with E-state index in [2.05, 4.69) is 4.98 Å². The zero-order valence-electron chi connectivity index (χ0n) is 11.0. The quantitative estimate of drug-likeness (QED) is 0.909. The third-order valence-corrected chi connectivity index (χ3v) is 3.32. The van der Waals surface area contributed by atoms with Gasteiger partial charge in [0.05, 0.1) is 5.92 Å². The number of carbonyl (C=O) groups excluding carboxylic acids is 1. The van der Waals surface area contributed by atoms with Crippen LogP contribution in [0.2, 0.25) is 0 Å². The van der Waals surface area contributed by atoms with E-state index < -0.39 is 0 Å². The first kappa shape index (κ1) is 18.2. The molecule has 2 N–H and O–H groups in total. The maximum atomic E-state index is 12.3. The number of rotatable bonds is 2. The molecule has 2 unspecified atom stereocenters. The third kappa shape index (κ3) is 4.64. The van der Waals surface area contributed by atoms with Crippen LogP contribution < -0.4 is 5.73 Å². The normalized spacial score (nSPS) is 19.9. The first-order valence-corrected chi connectivity index (χ1v) is 6.13. The van der Waals surface area contributed by atoms with E-state index in [-0.39, 0.29) is 42.7 Å². The number of hydrogen-bond acceptors (Lipinski definition) is 3. The molecule has 1 aromatic rings. The molecule has 1 aliphatic heterocycles. The minimum Gasteiger partial charge on any atom is -0.341 e. The summed E-state index contributed by atoms with van der Waals surface area (Å²) in [5.41, 5.74) is 6.86. The number of piperidine rings is 1. The molecule has 1 amide bonds. The summed E-state index contributed by atoms with van der Waals surface area (Å²) in [6.07, 6.45) is 5.50. The number of nitrogens with two attached hydrogens (primary N) is 1. The van der Waals surface area contributed by atoms with Gasteiger partial charge in [-0.2, -0.15) is 0 Å². The largest absolute Gasteiger partial charge is 0.341 e. The number of nitrogens with zero attached hydrogens (tertiary/aromatic N) is 2. The van der Waals surface area contributed by atoms with Gasteiger partial charge in [0.1, 0.15) is 0 Å². The molecule has 1 fully saturated rings. The van der Waals surface area contributed by atoms with Gasteiger partial charge in [0.2, 0.25) is 5.91 Å². The molecule has 0 saturated carbocycles. The molecule has 108 valence electrons. The van der Waals surface area contributed by atoms with Crippen molar-refractivity contribution in [1.29, 1.82) is 0 Å². The summed E-state index contributed by atoms with van der Waals surface area (Å²) in [6.45, 7) is 3.44. The second-order valence-electron chi connectivity index (χ2n) is 4.69. The van der Waals surface area contributed by atoms with Gasteiger partial charge in [-0.15, -0.1) is 24.8 Å². The lowest BCUT2D eigenvalue weighted by molar-refractivity contribution is -0.133. The van der Waals surface area contributed by atoms with Gasteiger partial charge in [0.15, 0.2) is 0 Å². The predicted octanol–water partition coefficient (Wildman–Crippen LogP) is 1.98. The molecule has 4 nitrogen and oxygen atoms in total. The first-order valence-electron chi connectivity index (χ1n) is 6.13. The maximum Gasteiger partial charge on any atom is 0.229 e. The smallest absolute Gasteiger partial charge is 0.229 e. The Morgan fingerprint density at radius 1 is 1.53 bits per heavy atom. The van der Waals surface area contributed by atoms with E-state index in [1.165, 1.54) is 0 Å². The number of likely N-dealkylation sites (tertiary alicyclic amines) is 1. The number of hydrogen-bond donors (Lipinski definition) is 1. The number of pyridine rings is 1. The van der Waals surface area contributed by atoms with E-state index in [9.17, 15) is 4.79 Å². The Kier molecular flexibility index (Phi) is 7.99. The van der Waals surface area contributed by atoms with Crippen molar-refractivity contribution in [3.63, 3.8) is 0 Å². The van der Waals surface area contributed by atoms with Crippen LogP contribution >= 0.6 is 24.8 Å². The molecule has 0 spiro atoms. The lowest BCUT2D eigenvalue weighted by atomic mass is 9.99. The van der Waals surface area contributed by atoms with Crippen molar-refractivity contribution < 1.29 is 4.79 Å². The van der Waals surface area contributed by atoms with Gasteiger partial charge in [-0.25, -0.2) is 0 Å². The van der Waals surface area contributed by atoms with Gasteiger partial charge in [-0.1, -0.05) is 6.07 Å². The zero-order valence-corrected chi connectivity index (χ0v) is 12.6. The van der Waals surface area contributed by atoms with Crippen molar-refractivity contribution in [2.45, 2.75) is 31.7 Å². The fourth-order valence-electron chi connectivity index (χ4n) is 2.26. The Bertz CT molecular complexity index is 389. The fraction of sp³-hybridized carbons (Fsp3) is 0.538. The van der Waals surface area contributed by atoms with Crippen molar-refractivity contribution in [3.8, 4) is 0 Å². The van der Waals surface area contributed by atoms with Gasteiger partial charge in [0, 0.05) is 31.5 Å². The van der Waals surface area contributed by atoms with E-state index in [0.29, 0.717) is 6.54 Å². The van der Waals surface area contributed by atoms with Crippen LogP contribution in [0.4, 0.5) is 0 Å². The summed E-state index contributed by atoms with van der Waals surface area (Å²) in [7, 11) is 0. The first-order chi connectivity index (χ1) is 8.18. The highest BCUT2D eigenvalue weighted by Gasteiger charge is 2.25. The van der Waals surface area contributed by atoms with Crippen molar-refractivity contribution in [3.05, 3.63) is 30.1 Å². The molecular formula is C13H21Cl2N3O. The summed E-state index contributed by atoms with van der Waals surface area (Å²) in [4.78, 5) is 18.2. The highest BCUT2D eigenvalue weighted by Crippen LogP contribution is 2.19. The fourth-order valence-corrected chi connectivity index (χ4v) is 2.26. The van der Waals surface area contributed by atoms with Gasteiger partial charge >= 0.3 is 0 Å². The highest BCUT2D eigenvalue weighted by atomic mass is 35.5. The molecule has 0 aromatic carbocycles. The molecule has 0 bridgehead atoms. The summed E-state index contributed by atoms with van der Waals surface area (Å²) < 4.78 is 0. The van der Waals surface area contributed by atoms with E-state index in [1.807, 2.05) is 24.0 Å². The van der Waals surface area contributed by atoms with Crippen LogP contribution in [-0.4, -0.2) is 34.9 Å². The van der Waals surface area contributed by atoms with E-state index in [4.69, 9.17) is 5.73 Å². The van der Waals surface area contributed by atoms with Crippen molar-refractivity contribution in [2.24, 2.45) is 5.73 Å². The van der Waals surface area contributed by atoms with Gasteiger partial charge in [-0.05, 0) is 31.4 Å². The lowest BCUT2D eigenvalue weighted by Gasteiger charge is -2.32. The van der Waals surface area contributed by atoms with E-state index >= 15 is 0 Å². The minimum absolute atomic E-state index is 0. The zero-order chi connectivity index (χ0) is 12.3. The van der Waals surface area contributed by atoms with Gasteiger partial charge in [0.25, 0.3) is 0 Å². The van der Waals surface area contributed by atoms with Crippen LogP contribution in [0.15, 0.2) is 24.5 Å². The van der Waals surface area contributed by atoms with Crippen LogP contribution in [0.5, 0.6) is 0 Å². The molecular weight excluding hydrogens is 285 g/mol. The molecule has 1 aromatic heterocycles. The van der Waals surface area contributed by atoms with E-state index in [0.717, 1.165) is 24.9 Å². The topological polar surface area (TPSA) is 59.2 Å². The summed E-state index contributed by atoms with van der Waals surface area (Å²) in [6, 6.07) is 3.94. The van der Waals surface area contributed by atoms with E-state index in [1.54, 1.807) is 12.4 Å². The molecule has 19 heavy (non-hydrogen) atoms. The lowest BCUT2D eigenvalue weighted by Crippen LogP contribution is -2.47. The van der Waals surface area contributed by atoms with Crippen LogP contribution in [0.1, 0.15) is 31.2 Å². The average molecular weight is 306 g/mol. The second-order valence-corrected chi connectivity index (χ2v) is 4.69. The SMILES string of the molecule is CC(C(=O)N1CCCC(N)C1)c1cccnc1.Cl.Cl. The monoisotopic (exact) mass is 305 g/mol. The number of halogens is 2. The molecule has 2 rings (SSSR count). The van der Waals surface area contributed by atoms with Gasteiger partial charge in [-0.3, -0.25) is 9.78 Å². The Balaban J connectivity index is 0.00000162. The Labute approximate surface area is 126 Å². The summed E-state index contributed by atoms with van der Waals surface area (Å²) in [5.74, 6) is 0.0298. The third-order valence-electron chi connectivity index (χ3n) is 3.32. The number of carbonyl (C=O) groups is 1. The second kappa shape index (κ2) is 8.35. The molecule has 1 saturated heterocycles. The molecule has 0 radical (unpaired) electrons. The van der Waals surface area contributed by atoms with Crippen molar-refractivity contribution >= 4 is 30.7 Å². The van der Waals surface area contributed by atoms with Crippen LogP contribution in [-0.2, 0) is 4.79 Å². The van der Waals surface area contributed by atoms with Crippen molar-refractivity contribution in [1.82, 2.24) is 9.88 Å². The number of aromatic nitrogens is 1. The average Bonchev–Trinajstić information content (AvgIpc) is 2.38. The Hall–Kier alpha value is -0.840.